The standard InChI is InChI=1S/C18H13BrN2O/c19-15-7-3-13(4-8-15)5-10-18(22)21-16-9-6-14-2-1-11-20-17(14)12-16/h1-12H,(H,21,22). The summed E-state index contributed by atoms with van der Waals surface area (Å²) in [5.74, 6) is -0.168. The lowest BCUT2D eigenvalue weighted by Crippen LogP contribution is -2.07. The van der Waals surface area contributed by atoms with Crippen molar-refractivity contribution >= 4 is 44.5 Å². The van der Waals surface area contributed by atoms with Gasteiger partial charge in [-0.3, -0.25) is 9.78 Å². The maximum absolute atomic E-state index is 12.0. The van der Waals surface area contributed by atoms with Crippen LogP contribution in [0.4, 0.5) is 5.69 Å². The van der Waals surface area contributed by atoms with Gasteiger partial charge in [0.2, 0.25) is 5.91 Å². The molecule has 0 aliphatic carbocycles. The minimum atomic E-state index is -0.168. The quantitative estimate of drug-likeness (QED) is 0.697. The fourth-order valence-corrected chi connectivity index (χ4v) is 2.34. The molecule has 108 valence electrons. The molecule has 3 rings (SSSR count). The number of nitrogens with one attached hydrogen (secondary N) is 1. The van der Waals surface area contributed by atoms with E-state index in [1.54, 1.807) is 12.3 Å². The molecule has 0 unspecified atom stereocenters. The molecule has 3 nitrogen and oxygen atoms in total. The van der Waals surface area contributed by atoms with Crippen molar-refractivity contribution in [2.24, 2.45) is 0 Å². The maximum Gasteiger partial charge on any atom is 0.248 e. The number of carbonyl (C=O) groups excluding carboxylic acids is 1. The van der Waals surface area contributed by atoms with Crippen LogP contribution >= 0.6 is 15.9 Å². The predicted octanol–water partition coefficient (Wildman–Crippen LogP) is 4.65. The first-order valence-corrected chi connectivity index (χ1v) is 7.59. The molecule has 0 saturated heterocycles. The summed E-state index contributed by atoms with van der Waals surface area (Å²) in [5, 5.41) is 3.89. The summed E-state index contributed by atoms with van der Waals surface area (Å²) in [5.41, 5.74) is 2.56. The lowest BCUT2D eigenvalue weighted by atomic mass is 10.2. The summed E-state index contributed by atoms with van der Waals surface area (Å²) in [7, 11) is 0. The predicted molar refractivity (Wildman–Crippen MR) is 93.5 cm³/mol. The number of amides is 1. The van der Waals surface area contributed by atoms with Crippen LogP contribution in [0.15, 0.2) is 71.3 Å². The van der Waals surface area contributed by atoms with E-state index in [1.807, 2.05) is 54.6 Å². The second-order valence-corrected chi connectivity index (χ2v) is 5.70. The van der Waals surface area contributed by atoms with Gasteiger partial charge < -0.3 is 5.32 Å². The topological polar surface area (TPSA) is 42.0 Å². The number of carbonyl (C=O) groups is 1. The highest BCUT2D eigenvalue weighted by Gasteiger charge is 2.00. The highest BCUT2D eigenvalue weighted by molar-refractivity contribution is 9.10. The van der Waals surface area contributed by atoms with Gasteiger partial charge in [0.1, 0.15) is 0 Å². The molecule has 22 heavy (non-hydrogen) atoms. The van der Waals surface area contributed by atoms with Gasteiger partial charge in [-0.1, -0.05) is 40.2 Å². The number of hydrogen-bond donors (Lipinski definition) is 1. The van der Waals surface area contributed by atoms with E-state index in [-0.39, 0.29) is 5.91 Å². The first-order chi connectivity index (χ1) is 10.7. The van der Waals surface area contributed by atoms with Crippen molar-refractivity contribution in [2.45, 2.75) is 0 Å². The van der Waals surface area contributed by atoms with Crippen molar-refractivity contribution in [3.05, 3.63) is 76.9 Å². The Hall–Kier alpha value is -2.46. The molecule has 0 saturated carbocycles. The van der Waals surface area contributed by atoms with Crippen LogP contribution < -0.4 is 5.32 Å². The number of nitrogens with zero attached hydrogens (tertiary/aromatic N) is 1. The van der Waals surface area contributed by atoms with Gasteiger partial charge in [-0.25, -0.2) is 0 Å². The Morgan fingerprint density at radius 3 is 2.73 bits per heavy atom. The van der Waals surface area contributed by atoms with E-state index in [0.717, 1.165) is 26.6 Å². The van der Waals surface area contributed by atoms with Crippen LogP contribution in [0.1, 0.15) is 5.56 Å². The number of anilines is 1. The van der Waals surface area contributed by atoms with Crippen molar-refractivity contribution in [2.75, 3.05) is 5.32 Å². The molecule has 0 bridgehead atoms. The van der Waals surface area contributed by atoms with E-state index in [9.17, 15) is 4.79 Å². The minimum absolute atomic E-state index is 0.168. The van der Waals surface area contributed by atoms with E-state index in [2.05, 4.69) is 26.2 Å². The highest BCUT2D eigenvalue weighted by Crippen LogP contribution is 2.17. The fourth-order valence-electron chi connectivity index (χ4n) is 2.07. The van der Waals surface area contributed by atoms with Crippen LogP contribution in [-0.4, -0.2) is 10.9 Å². The van der Waals surface area contributed by atoms with Gasteiger partial charge in [0.15, 0.2) is 0 Å². The number of fused-ring (bicyclic) bond motifs is 1. The third kappa shape index (κ3) is 3.59. The van der Waals surface area contributed by atoms with Gasteiger partial charge in [0.25, 0.3) is 0 Å². The Morgan fingerprint density at radius 2 is 1.91 bits per heavy atom. The first kappa shape index (κ1) is 14.5. The number of hydrogen-bond acceptors (Lipinski definition) is 2. The van der Waals surface area contributed by atoms with Crippen molar-refractivity contribution in [1.82, 2.24) is 4.98 Å². The summed E-state index contributed by atoms with van der Waals surface area (Å²) in [6, 6.07) is 17.3. The van der Waals surface area contributed by atoms with E-state index < -0.39 is 0 Å². The molecular weight excluding hydrogens is 340 g/mol. The molecule has 2 aromatic carbocycles. The number of aromatic nitrogens is 1. The molecular formula is C18H13BrN2O. The summed E-state index contributed by atoms with van der Waals surface area (Å²) in [6.45, 7) is 0. The van der Waals surface area contributed by atoms with Crippen LogP contribution in [-0.2, 0) is 4.79 Å². The molecule has 4 heteroatoms. The summed E-state index contributed by atoms with van der Waals surface area (Å²) >= 11 is 3.38. The average molecular weight is 353 g/mol. The molecule has 0 fully saturated rings. The van der Waals surface area contributed by atoms with Gasteiger partial charge in [-0.15, -0.1) is 0 Å². The Bertz CT molecular complexity index is 841. The Morgan fingerprint density at radius 1 is 1.09 bits per heavy atom. The van der Waals surface area contributed by atoms with Crippen LogP contribution in [0.3, 0.4) is 0 Å². The summed E-state index contributed by atoms with van der Waals surface area (Å²) < 4.78 is 1.01. The van der Waals surface area contributed by atoms with Gasteiger partial charge in [0, 0.05) is 27.8 Å². The van der Waals surface area contributed by atoms with Crippen molar-refractivity contribution < 1.29 is 4.79 Å². The normalized spacial score (nSPS) is 11.0. The molecule has 1 amide bonds. The lowest BCUT2D eigenvalue weighted by Gasteiger charge is -2.03. The van der Waals surface area contributed by atoms with Gasteiger partial charge in [0.05, 0.1) is 5.52 Å². The molecule has 1 N–H and O–H groups in total. The van der Waals surface area contributed by atoms with Crippen LogP contribution in [0.25, 0.3) is 17.0 Å². The van der Waals surface area contributed by atoms with E-state index in [0.29, 0.717) is 0 Å². The van der Waals surface area contributed by atoms with E-state index >= 15 is 0 Å². The van der Waals surface area contributed by atoms with E-state index in [4.69, 9.17) is 0 Å². The summed E-state index contributed by atoms with van der Waals surface area (Å²) in [4.78, 5) is 16.2. The van der Waals surface area contributed by atoms with E-state index in [1.165, 1.54) is 6.08 Å². The smallest absolute Gasteiger partial charge is 0.248 e. The Labute approximate surface area is 136 Å². The zero-order chi connectivity index (χ0) is 15.4. The zero-order valence-electron chi connectivity index (χ0n) is 11.7. The van der Waals surface area contributed by atoms with Crippen LogP contribution in [0.2, 0.25) is 0 Å². The van der Waals surface area contributed by atoms with Gasteiger partial charge in [-0.2, -0.15) is 0 Å². The molecule has 1 heterocycles. The van der Waals surface area contributed by atoms with Crippen molar-refractivity contribution in [3.63, 3.8) is 0 Å². The number of pyridine rings is 1. The molecule has 3 aromatic rings. The molecule has 1 aromatic heterocycles. The van der Waals surface area contributed by atoms with Crippen molar-refractivity contribution in [1.29, 1.82) is 0 Å². The zero-order valence-corrected chi connectivity index (χ0v) is 13.2. The lowest BCUT2D eigenvalue weighted by molar-refractivity contribution is -0.111. The molecule has 0 aliphatic rings. The van der Waals surface area contributed by atoms with Crippen LogP contribution in [0, 0.1) is 0 Å². The Balaban J connectivity index is 1.71. The highest BCUT2D eigenvalue weighted by atomic mass is 79.9. The Kier molecular flexibility index (Phi) is 4.30. The fraction of sp³-hybridized carbons (Fsp3) is 0. The average Bonchev–Trinajstić information content (AvgIpc) is 2.54. The molecule has 0 radical (unpaired) electrons. The number of benzene rings is 2. The monoisotopic (exact) mass is 352 g/mol. The third-order valence-electron chi connectivity index (χ3n) is 3.17. The third-order valence-corrected chi connectivity index (χ3v) is 3.70. The number of halogens is 1. The largest absolute Gasteiger partial charge is 0.322 e. The SMILES string of the molecule is O=C(C=Cc1ccc(Br)cc1)Nc1ccc2cccnc2c1. The second kappa shape index (κ2) is 6.54. The van der Waals surface area contributed by atoms with Crippen LogP contribution in [0.5, 0.6) is 0 Å². The van der Waals surface area contributed by atoms with Gasteiger partial charge in [-0.05, 0) is 42.0 Å². The minimum Gasteiger partial charge on any atom is -0.322 e. The molecule has 0 aliphatic heterocycles. The molecule has 0 atom stereocenters. The van der Waals surface area contributed by atoms with Gasteiger partial charge >= 0.3 is 0 Å². The number of rotatable bonds is 3. The summed E-state index contributed by atoms with van der Waals surface area (Å²) in [6.07, 6.45) is 5.04. The maximum atomic E-state index is 12.0. The van der Waals surface area contributed by atoms with Crippen molar-refractivity contribution in [3.8, 4) is 0 Å². The first-order valence-electron chi connectivity index (χ1n) is 6.80. The molecule has 0 spiro atoms. The second-order valence-electron chi connectivity index (χ2n) is 4.79.